The van der Waals surface area contributed by atoms with Crippen molar-refractivity contribution in [2.45, 2.75) is 0 Å². The summed E-state index contributed by atoms with van der Waals surface area (Å²) in [4.78, 5) is 0. The summed E-state index contributed by atoms with van der Waals surface area (Å²) in [5, 5.41) is 0. The molecule has 0 aromatic carbocycles. The van der Waals surface area contributed by atoms with Gasteiger partial charge < -0.3 is 0 Å². The summed E-state index contributed by atoms with van der Waals surface area (Å²) in [6.07, 6.45) is 0. The molecule has 0 heterocycles. The average molecular weight is 228 g/mol. The van der Waals surface area contributed by atoms with Crippen molar-refractivity contribution in [3.05, 3.63) is 0 Å². The average Bonchev–Trinajstić information content (AvgIpc) is 0. The van der Waals surface area contributed by atoms with Gasteiger partial charge in [-0.1, -0.05) is 0 Å². The van der Waals surface area contributed by atoms with E-state index < -0.39 is 0 Å². The second kappa shape index (κ2) is 19.9. The molecule has 0 unspecified atom stereocenters. The van der Waals surface area contributed by atoms with E-state index in [2.05, 4.69) is 0 Å². The fourth-order valence-corrected chi connectivity index (χ4v) is 0. The molecule has 0 saturated carbocycles. The molecule has 0 aromatic heterocycles. The van der Waals surface area contributed by atoms with Crippen LogP contribution in [0.25, 0.3) is 0 Å². The van der Waals surface area contributed by atoms with Crippen molar-refractivity contribution in [2.24, 2.45) is 0 Å². The molecule has 0 radical (unpaired) electrons. The van der Waals surface area contributed by atoms with Gasteiger partial charge in [-0.25, -0.2) is 0 Å². The summed E-state index contributed by atoms with van der Waals surface area (Å²) in [6.45, 7) is 0. The fraction of sp³-hybridized carbons (Fsp3) is 0. The minimum atomic E-state index is 0. The Hall–Kier alpha value is 2.01. The van der Waals surface area contributed by atoms with Gasteiger partial charge in [-0.15, -0.1) is 0 Å². The van der Waals surface area contributed by atoms with Crippen LogP contribution in [0.5, 0.6) is 0 Å². The van der Waals surface area contributed by atoms with E-state index in [1.165, 1.54) is 0 Å². The molecule has 0 bridgehead atoms. The molecule has 36 valence electrons. The molecule has 4 heteroatoms. The Bertz CT molecular complexity index is 3.25. The predicted octanol–water partition coefficient (Wildman–Crippen LogP) is -0.0100. The van der Waals surface area contributed by atoms with E-state index in [9.17, 15) is 0 Å². The Morgan fingerprint density at radius 1 is 0.500 bits per heavy atom. The fourth-order valence-electron chi connectivity index (χ4n) is 0. The maximum atomic E-state index is 0. The molecule has 0 saturated heterocycles. The monoisotopic (exact) mass is 226 g/mol. The second-order valence-corrected chi connectivity index (χ2v) is 0. The van der Waals surface area contributed by atoms with Crippen molar-refractivity contribution in [3.63, 3.8) is 0 Å². The van der Waals surface area contributed by atoms with Gasteiger partial charge in [0.2, 0.25) is 0 Å². The first-order valence-electron chi connectivity index (χ1n) is 0. The molecule has 0 rings (SSSR count). The van der Waals surface area contributed by atoms with Crippen molar-refractivity contribution in [1.82, 2.24) is 0 Å². The molecule has 0 spiro atoms. The summed E-state index contributed by atoms with van der Waals surface area (Å²) in [6, 6.07) is 0. The molecule has 0 aliphatic rings. The summed E-state index contributed by atoms with van der Waals surface area (Å²) in [5.74, 6) is 0. The molecule has 0 atom stereocenters. The van der Waals surface area contributed by atoms with Gasteiger partial charge in [0.15, 0.2) is 0 Å². The van der Waals surface area contributed by atoms with Gasteiger partial charge in [0.25, 0.3) is 0 Å². The van der Waals surface area contributed by atoms with Crippen LogP contribution in [0.1, 0.15) is 0 Å². The normalized spacial score (nSPS) is 0. The van der Waals surface area contributed by atoms with Crippen LogP contribution in [-0.2, 0) is 66.8 Å². The van der Waals surface area contributed by atoms with Crippen molar-refractivity contribution >= 4 is 0 Å². The molecule has 0 aromatic rings. The van der Waals surface area contributed by atoms with E-state index in [1.807, 2.05) is 0 Å². The molecule has 0 aliphatic heterocycles. The van der Waals surface area contributed by atoms with Crippen LogP contribution in [0.15, 0.2) is 0 Å². The maximum absolute atomic E-state index is 0. The van der Waals surface area contributed by atoms with Gasteiger partial charge in [-0.3, -0.25) is 0 Å². The quantitative estimate of drug-likeness (QED) is 0.511. The third-order valence-corrected chi connectivity index (χ3v) is 0. The second-order valence-electron chi connectivity index (χ2n) is 0. The molecule has 0 nitrogen and oxygen atoms in total. The third-order valence-electron chi connectivity index (χ3n) is 0. The van der Waals surface area contributed by atoms with Crippen LogP contribution < -0.4 is 0 Å². The van der Waals surface area contributed by atoms with Crippen molar-refractivity contribution in [2.75, 3.05) is 0 Å². The Morgan fingerprint density at radius 2 is 0.500 bits per heavy atom. The molecule has 0 aliphatic carbocycles. The number of hydrogen-bond donors (Lipinski definition) is 0. The molecule has 0 amide bonds. The standard InChI is InChI=1S/Cr.3Ni. The molecule has 4 heavy (non-hydrogen) atoms. The zero-order valence-electron chi connectivity index (χ0n) is 1.36. The van der Waals surface area contributed by atoms with E-state index in [0.29, 0.717) is 0 Å². The number of hydrogen-bond acceptors (Lipinski definition) is 0. The zero-order valence-corrected chi connectivity index (χ0v) is 5.59. The van der Waals surface area contributed by atoms with Crippen LogP contribution in [0.4, 0.5) is 0 Å². The van der Waals surface area contributed by atoms with Gasteiger partial charge >= 0.3 is 0 Å². The van der Waals surface area contributed by atoms with E-state index in [-0.39, 0.29) is 66.8 Å². The first kappa shape index (κ1) is 37.3. The van der Waals surface area contributed by atoms with Gasteiger partial charge in [0, 0.05) is 66.8 Å². The Labute approximate surface area is 66.4 Å². The van der Waals surface area contributed by atoms with E-state index >= 15 is 0 Å². The Balaban J connectivity index is 0. The van der Waals surface area contributed by atoms with E-state index in [0.717, 1.165) is 0 Å². The molecular weight excluding hydrogens is 228 g/mol. The first-order chi connectivity index (χ1) is 0. The summed E-state index contributed by atoms with van der Waals surface area (Å²) >= 11 is 0. The Morgan fingerprint density at radius 3 is 0.500 bits per heavy atom. The predicted molar refractivity (Wildman–Crippen MR) is 0 cm³/mol. The van der Waals surface area contributed by atoms with Crippen LogP contribution in [0.3, 0.4) is 0 Å². The SMILES string of the molecule is [Cr].[Ni].[Ni].[Ni]. The van der Waals surface area contributed by atoms with Crippen LogP contribution in [0, 0.1) is 0 Å². The van der Waals surface area contributed by atoms with Gasteiger partial charge in [-0.05, 0) is 0 Å². The third kappa shape index (κ3) is 8.99. The van der Waals surface area contributed by atoms with Gasteiger partial charge in [0.05, 0.1) is 0 Å². The van der Waals surface area contributed by atoms with Crippen molar-refractivity contribution < 1.29 is 66.8 Å². The van der Waals surface area contributed by atoms with Crippen LogP contribution in [-0.4, -0.2) is 0 Å². The van der Waals surface area contributed by atoms with Gasteiger partial charge in [-0.2, -0.15) is 0 Å². The largest absolute Gasteiger partial charge is 0 e. The summed E-state index contributed by atoms with van der Waals surface area (Å²) in [5.41, 5.74) is 0. The minimum Gasteiger partial charge on any atom is 0 e. The zero-order chi connectivity index (χ0) is 0. The van der Waals surface area contributed by atoms with E-state index in [4.69, 9.17) is 0 Å². The van der Waals surface area contributed by atoms with Crippen LogP contribution in [0.2, 0.25) is 0 Å². The van der Waals surface area contributed by atoms with Crippen molar-refractivity contribution in [3.8, 4) is 0 Å². The molecular formula is CrNi3. The topological polar surface area (TPSA) is 0 Å². The molecule has 0 fully saturated rings. The summed E-state index contributed by atoms with van der Waals surface area (Å²) < 4.78 is 0. The Kier molecular flexibility index (Phi) is 186. The minimum absolute atomic E-state index is 0. The van der Waals surface area contributed by atoms with Gasteiger partial charge in [0.1, 0.15) is 0 Å². The van der Waals surface area contributed by atoms with Crippen molar-refractivity contribution in [1.29, 1.82) is 0 Å². The smallest absolute Gasteiger partial charge is 0 e. The number of rotatable bonds is 0. The first-order valence-corrected chi connectivity index (χ1v) is 0. The maximum Gasteiger partial charge on any atom is 0 e. The molecule has 0 N–H and O–H groups in total. The summed E-state index contributed by atoms with van der Waals surface area (Å²) in [7, 11) is 0. The van der Waals surface area contributed by atoms with Crippen LogP contribution >= 0.6 is 0 Å². The van der Waals surface area contributed by atoms with E-state index in [1.54, 1.807) is 0 Å².